The van der Waals surface area contributed by atoms with Crippen LogP contribution in [0.15, 0.2) is 52.7 Å². The second-order valence-corrected chi connectivity index (χ2v) is 5.79. The molecule has 0 aliphatic rings. The van der Waals surface area contributed by atoms with Crippen LogP contribution in [0.5, 0.6) is 0 Å². The lowest BCUT2D eigenvalue weighted by Crippen LogP contribution is -1.89. The van der Waals surface area contributed by atoms with Gasteiger partial charge in [0.25, 0.3) is 0 Å². The standard InChI is InChI=1S/C17H18O2S/c1-3-5-15-8-10-17(20-15)16(18)9-7-13(2)12-14-6-4-11-19-14/h4,6-12H,3,5H2,1-2H3/b9-7+,13-12+. The molecule has 0 aliphatic heterocycles. The van der Waals surface area contributed by atoms with Gasteiger partial charge in [-0.1, -0.05) is 19.4 Å². The molecule has 2 heterocycles. The quantitative estimate of drug-likeness (QED) is 0.418. The maximum atomic E-state index is 12.0. The Labute approximate surface area is 123 Å². The first-order chi connectivity index (χ1) is 9.69. The average Bonchev–Trinajstić information content (AvgIpc) is 3.08. The molecule has 2 nitrogen and oxygen atoms in total. The molecule has 0 unspecified atom stereocenters. The van der Waals surface area contributed by atoms with E-state index in [0.29, 0.717) is 0 Å². The summed E-state index contributed by atoms with van der Waals surface area (Å²) in [7, 11) is 0. The van der Waals surface area contributed by atoms with Gasteiger partial charge in [0.2, 0.25) is 0 Å². The smallest absolute Gasteiger partial charge is 0.195 e. The largest absolute Gasteiger partial charge is 0.465 e. The predicted molar refractivity (Wildman–Crippen MR) is 84.1 cm³/mol. The summed E-state index contributed by atoms with van der Waals surface area (Å²) in [6, 6.07) is 7.68. The molecule has 0 N–H and O–H groups in total. The minimum atomic E-state index is 0.0598. The molecule has 20 heavy (non-hydrogen) atoms. The summed E-state index contributed by atoms with van der Waals surface area (Å²) < 4.78 is 5.23. The zero-order valence-corrected chi connectivity index (χ0v) is 12.6. The zero-order valence-electron chi connectivity index (χ0n) is 11.8. The molecule has 0 saturated heterocycles. The van der Waals surface area contributed by atoms with Crippen LogP contribution < -0.4 is 0 Å². The van der Waals surface area contributed by atoms with Crippen LogP contribution in [-0.4, -0.2) is 5.78 Å². The Morgan fingerprint density at radius 3 is 2.85 bits per heavy atom. The molecule has 0 aromatic carbocycles. The normalized spacial score (nSPS) is 12.2. The maximum absolute atomic E-state index is 12.0. The molecule has 0 aliphatic carbocycles. The van der Waals surface area contributed by atoms with Gasteiger partial charge in [0.1, 0.15) is 5.76 Å². The van der Waals surface area contributed by atoms with Crippen molar-refractivity contribution in [3.8, 4) is 0 Å². The van der Waals surface area contributed by atoms with Crippen molar-refractivity contribution in [1.29, 1.82) is 0 Å². The summed E-state index contributed by atoms with van der Waals surface area (Å²) in [5, 5.41) is 0. The van der Waals surface area contributed by atoms with Crippen molar-refractivity contribution in [2.45, 2.75) is 26.7 Å². The Hall–Kier alpha value is -1.87. The molecule has 2 aromatic heterocycles. The fraction of sp³-hybridized carbons (Fsp3) is 0.235. The van der Waals surface area contributed by atoms with Crippen LogP contribution in [0.4, 0.5) is 0 Å². The first-order valence-electron chi connectivity index (χ1n) is 6.72. The molecule has 104 valence electrons. The van der Waals surface area contributed by atoms with E-state index in [-0.39, 0.29) is 5.78 Å². The monoisotopic (exact) mass is 286 g/mol. The third kappa shape index (κ3) is 4.07. The highest BCUT2D eigenvalue weighted by Gasteiger charge is 2.05. The van der Waals surface area contributed by atoms with Crippen molar-refractivity contribution in [2.24, 2.45) is 0 Å². The van der Waals surface area contributed by atoms with E-state index >= 15 is 0 Å². The van der Waals surface area contributed by atoms with E-state index in [2.05, 4.69) is 6.92 Å². The minimum Gasteiger partial charge on any atom is -0.465 e. The molecule has 0 atom stereocenters. The van der Waals surface area contributed by atoms with Gasteiger partial charge >= 0.3 is 0 Å². The molecular formula is C17H18O2S. The van der Waals surface area contributed by atoms with Crippen molar-refractivity contribution in [1.82, 2.24) is 0 Å². The highest BCUT2D eigenvalue weighted by molar-refractivity contribution is 7.14. The number of allylic oxidation sites excluding steroid dienone is 3. The van der Waals surface area contributed by atoms with E-state index in [1.807, 2.05) is 43.3 Å². The molecule has 0 amide bonds. The van der Waals surface area contributed by atoms with Crippen LogP contribution in [0.1, 0.15) is 40.6 Å². The maximum Gasteiger partial charge on any atom is 0.195 e. The van der Waals surface area contributed by atoms with Crippen LogP contribution in [-0.2, 0) is 6.42 Å². The zero-order chi connectivity index (χ0) is 14.4. The summed E-state index contributed by atoms with van der Waals surface area (Å²) in [6.07, 6.45) is 9.13. The van der Waals surface area contributed by atoms with Gasteiger partial charge < -0.3 is 4.42 Å². The average molecular weight is 286 g/mol. The summed E-state index contributed by atoms with van der Waals surface area (Å²) in [5.74, 6) is 0.852. The lowest BCUT2D eigenvalue weighted by molar-refractivity contribution is 0.105. The van der Waals surface area contributed by atoms with Crippen molar-refractivity contribution >= 4 is 23.2 Å². The number of carbonyl (C=O) groups excluding carboxylic acids is 1. The van der Waals surface area contributed by atoms with E-state index in [4.69, 9.17) is 4.42 Å². The predicted octanol–water partition coefficient (Wildman–Crippen LogP) is 5.14. The summed E-state index contributed by atoms with van der Waals surface area (Å²) in [6.45, 7) is 4.09. The number of ketones is 1. The molecule has 2 rings (SSSR count). The van der Waals surface area contributed by atoms with E-state index in [0.717, 1.165) is 29.1 Å². The number of thiophene rings is 1. The lowest BCUT2D eigenvalue weighted by atomic mass is 10.2. The second kappa shape index (κ2) is 7.06. The fourth-order valence-corrected chi connectivity index (χ4v) is 2.86. The van der Waals surface area contributed by atoms with E-state index < -0.39 is 0 Å². The summed E-state index contributed by atoms with van der Waals surface area (Å²) in [4.78, 5) is 14.1. The third-order valence-electron chi connectivity index (χ3n) is 2.81. The topological polar surface area (TPSA) is 30.2 Å². The molecule has 0 bridgehead atoms. The summed E-state index contributed by atoms with van der Waals surface area (Å²) >= 11 is 1.58. The van der Waals surface area contributed by atoms with Crippen molar-refractivity contribution < 1.29 is 9.21 Å². The first kappa shape index (κ1) is 14.5. The number of aryl methyl sites for hydroxylation is 1. The Kier molecular flexibility index (Phi) is 5.13. The molecule has 3 heteroatoms. The minimum absolute atomic E-state index is 0.0598. The number of hydrogen-bond donors (Lipinski definition) is 0. The van der Waals surface area contributed by atoms with E-state index in [1.165, 1.54) is 4.88 Å². The van der Waals surface area contributed by atoms with E-state index in [9.17, 15) is 4.79 Å². The Bertz CT molecular complexity index is 615. The first-order valence-corrected chi connectivity index (χ1v) is 7.53. The van der Waals surface area contributed by atoms with Crippen molar-refractivity contribution in [3.05, 3.63) is 63.8 Å². The number of furan rings is 1. The van der Waals surface area contributed by atoms with Gasteiger partial charge in [0.15, 0.2) is 5.78 Å². The fourth-order valence-electron chi connectivity index (χ4n) is 1.83. The number of rotatable bonds is 6. The molecule has 0 saturated carbocycles. The van der Waals surface area contributed by atoms with Crippen LogP contribution in [0, 0.1) is 0 Å². The van der Waals surface area contributed by atoms with Crippen molar-refractivity contribution in [2.75, 3.05) is 0 Å². The van der Waals surface area contributed by atoms with Crippen LogP contribution in [0.2, 0.25) is 0 Å². The lowest BCUT2D eigenvalue weighted by Gasteiger charge is -1.92. The number of hydrogen-bond acceptors (Lipinski definition) is 3. The second-order valence-electron chi connectivity index (χ2n) is 4.62. The van der Waals surface area contributed by atoms with Gasteiger partial charge in [-0.05, 0) is 55.3 Å². The van der Waals surface area contributed by atoms with Crippen molar-refractivity contribution in [3.63, 3.8) is 0 Å². The molecular weight excluding hydrogens is 268 g/mol. The van der Waals surface area contributed by atoms with E-state index in [1.54, 1.807) is 23.7 Å². The molecule has 0 spiro atoms. The van der Waals surface area contributed by atoms with Gasteiger partial charge in [0.05, 0.1) is 11.1 Å². The SMILES string of the molecule is CCCc1ccc(C(=O)/C=C/C(C)=C/c2ccco2)s1. The van der Waals surface area contributed by atoms with Gasteiger partial charge in [-0.15, -0.1) is 11.3 Å². The van der Waals surface area contributed by atoms with Crippen LogP contribution >= 0.6 is 11.3 Å². The van der Waals surface area contributed by atoms with Gasteiger partial charge in [0, 0.05) is 4.88 Å². The Morgan fingerprint density at radius 2 is 2.15 bits per heavy atom. The number of carbonyl (C=O) groups is 1. The van der Waals surface area contributed by atoms with Crippen LogP contribution in [0.3, 0.4) is 0 Å². The summed E-state index contributed by atoms with van der Waals surface area (Å²) in [5.41, 5.74) is 0.985. The Morgan fingerprint density at radius 1 is 1.30 bits per heavy atom. The highest BCUT2D eigenvalue weighted by Crippen LogP contribution is 2.19. The van der Waals surface area contributed by atoms with Gasteiger partial charge in [-0.25, -0.2) is 0 Å². The van der Waals surface area contributed by atoms with Crippen LogP contribution in [0.25, 0.3) is 6.08 Å². The van der Waals surface area contributed by atoms with Gasteiger partial charge in [-0.2, -0.15) is 0 Å². The third-order valence-corrected chi connectivity index (χ3v) is 3.97. The molecule has 0 radical (unpaired) electrons. The Balaban J connectivity index is 2.01. The molecule has 2 aromatic rings. The van der Waals surface area contributed by atoms with Gasteiger partial charge in [-0.3, -0.25) is 4.79 Å². The highest BCUT2D eigenvalue weighted by atomic mass is 32.1. The molecule has 0 fully saturated rings.